The first-order valence-corrected chi connectivity index (χ1v) is 9.12. The minimum atomic E-state index is -3.06. The van der Waals surface area contributed by atoms with E-state index in [1.807, 2.05) is 0 Å². The van der Waals surface area contributed by atoms with Gasteiger partial charge in [-0.2, -0.15) is 5.10 Å². The van der Waals surface area contributed by atoms with Gasteiger partial charge in [-0.25, -0.2) is 17.7 Å². The Bertz CT molecular complexity index is 721. The predicted octanol–water partition coefficient (Wildman–Crippen LogP) is 1.08. The van der Waals surface area contributed by atoms with Crippen LogP contribution in [0.25, 0.3) is 11.3 Å². The molecule has 0 spiro atoms. The zero-order valence-corrected chi connectivity index (χ0v) is 13.3. The van der Waals surface area contributed by atoms with E-state index in [1.165, 1.54) is 6.26 Å². The van der Waals surface area contributed by atoms with Crippen LogP contribution in [0, 0.1) is 5.92 Å². The average Bonchev–Trinajstić information content (AvgIpc) is 3.01. The molecule has 22 heavy (non-hydrogen) atoms. The molecule has 1 aliphatic heterocycles. The van der Waals surface area contributed by atoms with E-state index < -0.39 is 10.0 Å². The van der Waals surface area contributed by atoms with Crippen molar-refractivity contribution in [3.8, 4) is 11.3 Å². The molecule has 1 N–H and O–H groups in total. The van der Waals surface area contributed by atoms with E-state index in [0.29, 0.717) is 19.0 Å². The molecule has 118 valence electrons. The third kappa shape index (κ3) is 3.50. The maximum absolute atomic E-state index is 11.5. The number of sulfonamides is 1. The Hall–Kier alpha value is -1.80. The van der Waals surface area contributed by atoms with Crippen LogP contribution in [-0.4, -0.2) is 52.2 Å². The fourth-order valence-corrected chi connectivity index (χ4v) is 3.65. The molecule has 0 radical (unpaired) electrons. The van der Waals surface area contributed by atoms with Gasteiger partial charge in [0.2, 0.25) is 10.0 Å². The minimum Gasteiger partial charge on any atom is -0.285 e. The summed E-state index contributed by atoms with van der Waals surface area (Å²) in [5.74, 6) is 0.451. The zero-order valence-electron chi connectivity index (χ0n) is 12.4. The summed E-state index contributed by atoms with van der Waals surface area (Å²) in [7, 11) is -3.06. The number of aromatic amines is 1. The number of nitrogens with one attached hydrogen (secondary N) is 1. The van der Waals surface area contributed by atoms with Crippen LogP contribution >= 0.6 is 0 Å². The first-order chi connectivity index (χ1) is 10.5. The lowest BCUT2D eigenvalue weighted by Gasteiger charge is -2.29. The monoisotopic (exact) mass is 321 g/mol. The third-order valence-electron chi connectivity index (χ3n) is 4.02. The highest BCUT2D eigenvalue weighted by Crippen LogP contribution is 2.23. The van der Waals surface area contributed by atoms with Crippen molar-refractivity contribution in [3.05, 3.63) is 30.5 Å². The molecule has 0 unspecified atom stereocenters. The third-order valence-corrected chi connectivity index (χ3v) is 5.32. The highest BCUT2D eigenvalue weighted by Gasteiger charge is 2.25. The first kappa shape index (κ1) is 15.1. The number of H-pyrrole nitrogens is 1. The maximum atomic E-state index is 11.5. The Kier molecular flexibility index (Phi) is 4.21. The van der Waals surface area contributed by atoms with E-state index in [4.69, 9.17) is 0 Å². The van der Waals surface area contributed by atoms with Crippen LogP contribution in [0.1, 0.15) is 18.5 Å². The second-order valence-corrected chi connectivity index (χ2v) is 7.67. The van der Waals surface area contributed by atoms with Crippen LogP contribution in [0.3, 0.4) is 0 Å². The topological polar surface area (TPSA) is 91.8 Å². The fourth-order valence-electron chi connectivity index (χ4n) is 2.78. The second-order valence-electron chi connectivity index (χ2n) is 5.69. The van der Waals surface area contributed by atoms with E-state index in [-0.39, 0.29) is 0 Å². The van der Waals surface area contributed by atoms with E-state index >= 15 is 0 Å². The molecule has 1 aliphatic rings. The van der Waals surface area contributed by atoms with Crippen LogP contribution < -0.4 is 0 Å². The Morgan fingerprint density at radius 3 is 2.68 bits per heavy atom. The normalized spacial score (nSPS) is 17.7. The SMILES string of the molecule is CS(=O)(=O)N1CCC(Cc2cncc(-c3cn[nH]c3)n2)CC1. The van der Waals surface area contributed by atoms with E-state index in [1.54, 1.807) is 29.1 Å². The molecule has 0 atom stereocenters. The number of aromatic nitrogens is 4. The molecule has 3 rings (SSSR count). The summed E-state index contributed by atoms with van der Waals surface area (Å²) in [5, 5.41) is 6.69. The molecular formula is C14H19N5O2S. The molecule has 8 heteroatoms. The molecule has 0 amide bonds. The highest BCUT2D eigenvalue weighted by molar-refractivity contribution is 7.88. The van der Waals surface area contributed by atoms with Crippen LogP contribution in [-0.2, 0) is 16.4 Å². The lowest BCUT2D eigenvalue weighted by atomic mass is 9.93. The summed E-state index contributed by atoms with van der Waals surface area (Å²) in [6, 6.07) is 0. The molecule has 1 saturated heterocycles. The summed E-state index contributed by atoms with van der Waals surface area (Å²) in [4.78, 5) is 8.87. The summed E-state index contributed by atoms with van der Waals surface area (Å²) >= 11 is 0. The van der Waals surface area contributed by atoms with Gasteiger partial charge in [0.25, 0.3) is 0 Å². The van der Waals surface area contributed by atoms with E-state index in [0.717, 1.165) is 36.2 Å². The van der Waals surface area contributed by atoms with Gasteiger partial charge in [0.15, 0.2) is 0 Å². The Morgan fingerprint density at radius 1 is 1.27 bits per heavy atom. The summed E-state index contributed by atoms with van der Waals surface area (Å²) < 4.78 is 24.6. The Morgan fingerprint density at radius 2 is 2.05 bits per heavy atom. The van der Waals surface area contributed by atoms with Crippen molar-refractivity contribution in [1.82, 2.24) is 24.5 Å². The average molecular weight is 321 g/mol. The Labute approximate surface area is 129 Å². The van der Waals surface area contributed by atoms with Crippen LogP contribution in [0.2, 0.25) is 0 Å². The number of hydrogen-bond donors (Lipinski definition) is 1. The van der Waals surface area contributed by atoms with E-state index in [2.05, 4.69) is 20.2 Å². The summed E-state index contributed by atoms with van der Waals surface area (Å²) in [6.45, 7) is 1.19. The van der Waals surface area contributed by atoms with Gasteiger partial charge >= 0.3 is 0 Å². The van der Waals surface area contributed by atoms with Gasteiger partial charge in [-0.15, -0.1) is 0 Å². The summed E-state index contributed by atoms with van der Waals surface area (Å²) in [6.07, 6.45) is 10.8. The molecule has 0 bridgehead atoms. The number of rotatable bonds is 4. The van der Waals surface area contributed by atoms with Crippen LogP contribution in [0.15, 0.2) is 24.8 Å². The largest absolute Gasteiger partial charge is 0.285 e. The predicted molar refractivity (Wildman–Crippen MR) is 82.5 cm³/mol. The fraction of sp³-hybridized carbons (Fsp3) is 0.500. The van der Waals surface area contributed by atoms with Crippen molar-refractivity contribution in [2.75, 3.05) is 19.3 Å². The van der Waals surface area contributed by atoms with Crippen molar-refractivity contribution >= 4 is 10.0 Å². The molecule has 2 aromatic rings. The van der Waals surface area contributed by atoms with Gasteiger partial charge in [-0.3, -0.25) is 10.1 Å². The number of nitrogens with zero attached hydrogens (tertiary/aromatic N) is 4. The molecule has 3 heterocycles. The first-order valence-electron chi connectivity index (χ1n) is 7.27. The molecular weight excluding hydrogens is 302 g/mol. The van der Waals surface area contributed by atoms with Crippen molar-refractivity contribution in [3.63, 3.8) is 0 Å². The quantitative estimate of drug-likeness (QED) is 0.910. The summed E-state index contributed by atoms with van der Waals surface area (Å²) in [5.41, 5.74) is 2.66. The molecule has 0 saturated carbocycles. The van der Waals surface area contributed by atoms with Crippen LogP contribution in [0.4, 0.5) is 0 Å². The minimum absolute atomic E-state index is 0.451. The van der Waals surface area contributed by atoms with Gasteiger partial charge in [0.05, 0.1) is 30.0 Å². The van der Waals surface area contributed by atoms with Gasteiger partial charge in [0, 0.05) is 31.0 Å². The zero-order chi connectivity index (χ0) is 15.6. The van der Waals surface area contributed by atoms with E-state index in [9.17, 15) is 8.42 Å². The lowest BCUT2D eigenvalue weighted by molar-refractivity contribution is 0.273. The van der Waals surface area contributed by atoms with Crippen molar-refractivity contribution in [2.45, 2.75) is 19.3 Å². The number of hydrogen-bond acceptors (Lipinski definition) is 5. The van der Waals surface area contributed by atoms with Gasteiger partial charge in [0.1, 0.15) is 0 Å². The standard InChI is InChI=1S/C14H19N5O2S/c1-22(20,21)19-4-2-11(3-5-19)6-13-9-15-10-14(18-13)12-7-16-17-8-12/h7-11H,2-6H2,1H3,(H,16,17). The number of piperidine rings is 1. The van der Waals surface area contributed by atoms with Gasteiger partial charge in [-0.1, -0.05) is 0 Å². The van der Waals surface area contributed by atoms with Crippen LogP contribution in [0.5, 0.6) is 0 Å². The molecule has 0 aliphatic carbocycles. The van der Waals surface area contributed by atoms with Gasteiger partial charge in [-0.05, 0) is 25.2 Å². The molecule has 1 fully saturated rings. The molecule has 2 aromatic heterocycles. The van der Waals surface area contributed by atoms with Gasteiger partial charge < -0.3 is 0 Å². The van der Waals surface area contributed by atoms with Crippen molar-refractivity contribution < 1.29 is 8.42 Å². The molecule has 0 aromatic carbocycles. The van der Waals surface area contributed by atoms with Crippen molar-refractivity contribution in [2.24, 2.45) is 5.92 Å². The highest BCUT2D eigenvalue weighted by atomic mass is 32.2. The smallest absolute Gasteiger partial charge is 0.211 e. The second kappa shape index (κ2) is 6.13. The van der Waals surface area contributed by atoms with Crippen molar-refractivity contribution in [1.29, 1.82) is 0 Å². The molecule has 7 nitrogen and oxygen atoms in total. The maximum Gasteiger partial charge on any atom is 0.211 e. The lowest BCUT2D eigenvalue weighted by Crippen LogP contribution is -2.38. The Balaban J connectivity index is 1.64.